The molecule has 0 aliphatic rings. The summed E-state index contributed by atoms with van der Waals surface area (Å²) >= 11 is 1.79. The monoisotopic (exact) mass is 581 g/mol. The van der Waals surface area contributed by atoms with Crippen LogP contribution in [0.2, 0.25) is 0 Å². The van der Waals surface area contributed by atoms with E-state index in [9.17, 15) is 0 Å². The number of aromatic nitrogens is 3. The highest BCUT2D eigenvalue weighted by Crippen LogP contribution is 2.42. The van der Waals surface area contributed by atoms with Crippen LogP contribution in [-0.2, 0) is 0 Å². The van der Waals surface area contributed by atoms with Crippen molar-refractivity contribution in [1.82, 2.24) is 15.0 Å². The van der Waals surface area contributed by atoms with Crippen LogP contribution in [0.4, 0.5) is 0 Å². The number of furan rings is 1. The van der Waals surface area contributed by atoms with Gasteiger partial charge in [-0.3, -0.25) is 0 Å². The number of fused-ring (bicyclic) bond motifs is 6. The SMILES string of the molecule is c1ccc(-c2ccc3sc4cccc(-c5nc(-c6ccccc6)nc(-c6cccc7c6oc6ccccc67)n5)c4c3c2)cc1. The molecule has 0 aliphatic heterocycles. The third-order valence-electron chi connectivity index (χ3n) is 8.16. The van der Waals surface area contributed by atoms with Crippen LogP contribution in [-0.4, -0.2) is 15.0 Å². The molecule has 6 aromatic carbocycles. The van der Waals surface area contributed by atoms with Crippen molar-refractivity contribution < 1.29 is 4.42 Å². The van der Waals surface area contributed by atoms with E-state index >= 15 is 0 Å². The molecule has 5 heteroatoms. The largest absolute Gasteiger partial charge is 0.455 e. The molecule has 0 atom stereocenters. The second-order valence-electron chi connectivity index (χ2n) is 10.8. The zero-order valence-electron chi connectivity index (χ0n) is 23.4. The van der Waals surface area contributed by atoms with Crippen molar-refractivity contribution in [1.29, 1.82) is 0 Å². The van der Waals surface area contributed by atoms with Crippen molar-refractivity contribution in [2.75, 3.05) is 0 Å². The summed E-state index contributed by atoms with van der Waals surface area (Å²) in [5, 5.41) is 4.47. The van der Waals surface area contributed by atoms with E-state index in [1.807, 2.05) is 60.7 Å². The summed E-state index contributed by atoms with van der Waals surface area (Å²) in [4.78, 5) is 15.3. The highest BCUT2D eigenvalue weighted by Gasteiger charge is 2.20. The van der Waals surface area contributed by atoms with E-state index in [1.54, 1.807) is 11.3 Å². The molecule has 206 valence electrons. The van der Waals surface area contributed by atoms with Crippen molar-refractivity contribution in [3.63, 3.8) is 0 Å². The summed E-state index contributed by atoms with van der Waals surface area (Å²) in [5.41, 5.74) is 6.75. The van der Waals surface area contributed by atoms with Crippen molar-refractivity contribution in [2.24, 2.45) is 0 Å². The van der Waals surface area contributed by atoms with Crippen molar-refractivity contribution in [3.05, 3.63) is 140 Å². The van der Waals surface area contributed by atoms with Gasteiger partial charge in [0.05, 0.1) is 5.56 Å². The minimum absolute atomic E-state index is 0.583. The Kier molecular flexibility index (Phi) is 5.64. The molecule has 0 amide bonds. The average Bonchev–Trinajstić information content (AvgIpc) is 3.67. The van der Waals surface area contributed by atoms with Gasteiger partial charge in [0.2, 0.25) is 0 Å². The molecule has 0 unspecified atom stereocenters. The van der Waals surface area contributed by atoms with Gasteiger partial charge in [0.1, 0.15) is 11.2 Å². The zero-order chi connectivity index (χ0) is 29.0. The lowest BCUT2D eigenvalue weighted by atomic mass is 10.0. The third kappa shape index (κ3) is 4.02. The van der Waals surface area contributed by atoms with Crippen LogP contribution in [0.25, 0.3) is 87.4 Å². The predicted molar refractivity (Wildman–Crippen MR) is 182 cm³/mol. The molecule has 0 saturated heterocycles. The Morgan fingerprint density at radius 2 is 1.09 bits per heavy atom. The van der Waals surface area contributed by atoms with Crippen LogP contribution in [0.1, 0.15) is 0 Å². The fourth-order valence-corrected chi connectivity index (χ4v) is 7.19. The normalized spacial score (nSPS) is 11.6. The van der Waals surface area contributed by atoms with Gasteiger partial charge in [-0.1, -0.05) is 109 Å². The van der Waals surface area contributed by atoms with E-state index in [4.69, 9.17) is 19.4 Å². The second kappa shape index (κ2) is 9.97. The van der Waals surface area contributed by atoms with Gasteiger partial charge < -0.3 is 4.42 Å². The molecule has 0 saturated carbocycles. The van der Waals surface area contributed by atoms with Gasteiger partial charge in [0.25, 0.3) is 0 Å². The van der Waals surface area contributed by atoms with Crippen molar-refractivity contribution >= 4 is 53.4 Å². The second-order valence-corrected chi connectivity index (χ2v) is 11.9. The Bertz CT molecular complexity index is 2500. The first-order valence-corrected chi connectivity index (χ1v) is 15.3. The smallest absolute Gasteiger partial charge is 0.167 e. The lowest BCUT2D eigenvalue weighted by molar-refractivity contribution is 0.669. The van der Waals surface area contributed by atoms with Crippen LogP contribution < -0.4 is 0 Å². The van der Waals surface area contributed by atoms with Crippen LogP contribution in [0.15, 0.2) is 144 Å². The predicted octanol–water partition coefficient (Wildman–Crippen LogP) is 10.8. The van der Waals surface area contributed by atoms with Crippen LogP contribution >= 0.6 is 11.3 Å². The molecule has 3 aromatic heterocycles. The summed E-state index contributed by atoms with van der Waals surface area (Å²) < 4.78 is 8.83. The highest BCUT2D eigenvalue weighted by atomic mass is 32.1. The van der Waals surface area contributed by atoms with Gasteiger partial charge in [-0.05, 0) is 41.5 Å². The zero-order valence-corrected chi connectivity index (χ0v) is 24.3. The number of hydrogen-bond acceptors (Lipinski definition) is 5. The van der Waals surface area contributed by atoms with Crippen LogP contribution in [0, 0.1) is 0 Å². The number of rotatable bonds is 4. The fraction of sp³-hybridized carbons (Fsp3) is 0. The maximum atomic E-state index is 6.40. The number of para-hydroxylation sites is 2. The lowest BCUT2D eigenvalue weighted by Gasteiger charge is -2.10. The number of benzene rings is 6. The molecule has 0 N–H and O–H groups in total. The quantitative estimate of drug-likeness (QED) is 0.207. The van der Waals surface area contributed by atoms with Gasteiger partial charge in [-0.2, -0.15) is 0 Å². The first-order valence-electron chi connectivity index (χ1n) is 14.5. The summed E-state index contributed by atoms with van der Waals surface area (Å²) in [7, 11) is 0. The van der Waals surface area contributed by atoms with Gasteiger partial charge in [-0.15, -0.1) is 11.3 Å². The topological polar surface area (TPSA) is 51.8 Å². The summed E-state index contributed by atoms with van der Waals surface area (Å²) in [6.07, 6.45) is 0. The number of hydrogen-bond donors (Lipinski definition) is 0. The van der Waals surface area contributed by atoms with E-state index in [-0.39, 0.29) is 0 Å². The standard InChI is InChI=1S/C39H23N3OS/c1-3-11-24(12-4-1)26-21-22-33-31(23-26)35-29(17-10-20-34(35)44-33)38-40-37(25-13-5-2-6-14-25)41-39(42-38)30-18-9-16-28-27-15-7-8-19-32(27)43-36(28)30/h1-23H. The highest BCUT2D eigenvalue weighted by molar-refractivity contribution is 7.26. The van der Waals surface area contributed by atoms with Crippen molar-refractivity contribution in [2.45, 2.75) is 0 Å². The van der Waals surface area contributed by atoms with Gasteiger partial charge in [-0.25, -0.2) is 15.0 Å². The lowest BCUT2D eigenvalue weighted by Crippen LogP contribution is -2.00. The third-order valence-corrected chi connectivity index (χ3v) is 9.29. The van der Waals surface area contributed by atoms with E-state index in [0.29, 0.717) is 17.5 Å². The molecule has 0 fully saturated rings. The Hall–Kier alpha value is -5.65. The Morgan fingerprint density at radius 3 is 1.93 bits per heavy atom. The Morgan fingerprint density at radius 1 is 0.432 bits per heavy atom. The molecular formula is C39H23N3OS. The molecule has 3 heterocycles. The molecule has 0 aliphatic carbocycles. The van der Waals surface area contributed by atoms with Crippen molar-refractivity contribution in [3.8, 4) is 45.3 Å². The fourth-order valence-electron chi connectivity index (χ4n) is 6.08. The summed E-state index contributed by atoms with van der Waals surface area (Å²) in [5.74, 6) is 1.85. The molecule has 0 spiro atoms. The molecule has 4 nitrogen and oxygen atoms in total. The number of thiophene rings is 1. The minimum Gasteiger partial charge on any atom is -0.455 e. The maximum absolute atomic E-state index is 6.40. The minimum atomic E-state index is 0.583. The van der Waals surface area contributed by atoms with Gasteiger partial charge in [0, 0.05) is 42.1 Å². The van der Waals surface area contributed by atoms with E-state index in [0.717, 1.165) is 44.0 Å². The molecular weight excluding hydrogens is 559 g/mol. The molecule has 0 bridgehead atoms. The molecule has 0 radical (unpaired) electrons. The van der Waals surface area contributed by atoms with Crippen LogP contribution in [0.3, 0.4) is 0 Å². The summed E-state index contributed by atoms with van der Waals surface area (Å²) in [6, 6.07) is 48.0. The van der Waals surface area contributed by atoms with E-state index in [2.05, 4.69) is 78.9 Å². The first kappa shape index (κ1) is 24.9. The summed E-state index contributed by atoms with van der Waals surface area (Å²) in [6.45, 7) is 0. The average molecular weight is 582 g/mol. The van der Waals surface area contributed by atoms with E-state index < -0.39 is 0 Å². The molecule has 9 rings (SSSR count). The van der Waals surface area contributed by atoms with Gasteiger partial charge in [0.15, 0.2) is 17.5 Å². The molecule has 44 heavy (non-hydrogen) atoms. The maximum Gasteiger partial charge on any atom is 0.167 e. The number of nitrogens with zero attached hydrogens (tertiary/aromatic N) is 3. The Labute approximate surface area is 256 Å². The van der Waals surface area contributed by atoms with E-state index in [1.165, 1.54) is 25.9 Å². The van der Waals surface area contributed by atoms with Gasteiger partial charge >= 0.3 is 0 Å². The Balaban J connectivity index is 1.32. The first-order chi connectivity index (χ1) is 21.8. The molecule has 9 aromatic rings. The van der Waals surface area contributed by atoms with Crippen LogP contribution in [0.5, 0.6) is 0 Å².